The SMILES string of the molecule is CCN1C(=O)/C(=C/c2cc(C)n(-c3ccc(Br)cc3)c2C)C(=O)NC1=S. The van der Waals surface area contributed by atoms with Crippen LogP contribution in [0.25, 0.3) is 11.8 Å². The van der Waals surface area contributed by atoms with Crippen molar-refractivity contribution < 1.29 is 9.59 Å². The van der Waals surface area contributed by atoms with Crippen molar-refractivity contribution in [1.82, 2.24) is 14.8 Å². The first-order valence-corrected chi connectivity index (χ1v) is 9.37. The summed E-state index contributed by atoms with van der Waals surface area (Å²) in [7, 11) is 0. The van der Waals surface area contributed by atoms with Crippen LogP contribution in [-0.4, -0.2) is 32.9 Å². The van der Waals surface area contributed by atoms with Crippen LogP contribution in [0.5, 0.6) is 0 Å². The number of aryl methyl sites for hydroxylation is 1. The molecule has 26 heavy (non-hydrogen) atoms. The van der Waals surface area contributed by atoms with Gasteiger partial charge >= 0.3 is 0 Å². The maximum Gasteiger partial charge on any atom is 0.265 e. The van der Waals surface area contributed by atoms with Crippen LogP contribution in [0.1, 0.15) is 23.9 Å². The zero-order valence-corrected chi connectivity index (χ0v) is 17.1. The molecule has 2 heterocycles. The summed E-state index contributed by atoms with van der Waals surface area (Å²) in [5.41, 5.74) is 3.91. The van der Waals surface area contributed by atoms with E-state index in [0.29, 0.717) is 6.54 Å². The maximum absolute atomic E-state index is 12.6. The molecule has 0 radical (unpaired) electrons. The Labute approximate surface area is 165 Å². The number of thiocarbonyl (C=S) groups is 1. The average Bonchev–Trinajstić information content (AvgIpc) is 2.86. The topological polar surface area (TPSA) is 54.3 Å². The molecule has 1 saturated heterocycles. The molecule has 0 unspecified atom stereocenters. The predicted molar refractivity (Wildman–Crippen MR) is 109 cm³/mol. The van der Waals surface area contributed by atoms with Crippen molar-refractivity contribution in [2.24, 2.45) is 0 Å². The van der Waals surface area contributed by atoms with Crippen LogP contribution in [0.3, 0.4) is 0 Å². The Morgan fingerprint density at radius 2 is 1.85 bits per heavy atom. The van der Waals surface area contributed by atoms with Gasteiger partial charge in [-0.25, -0.2) is 0 Å². The van der Waals surface area contributed by atoms with Crippen LogP contribution in [0, 0.1) is 13.8 Å². The lowest BCUT2D eigenvalue weighted by Gasteiger charge is -2.27. The lowest BCUT2D eigenvalue weighted by Crippen LogP contribution is -2.53. The van der Waals surface area contributed by atoms with E-state index in [4.69, 9.17) is 12.2 Å². The van der Waals surface area contributed by atoms with E-state index in [9.17, 15) is 9.59 Å². The number of nitrogens with one attached hydrogen (secondary N) is 1. The van der Waals surface area contributed by atoms with E-state index in [-0.39, 0.29) is 16.6 Å². The van der Waals surface area contributed by atoms with Gasteiger partial charge in [-0.1, -0.05) is 15.9 Å². The van der Waals surface area contributed by atoms with Crippen molar-refractivity contribution in [3.05, 3.63) is 57.3 Å². The molecule has 1 N–H and O–H groups in total. The molecule has 2 amide bonds. The fourth-order valence-corrected chi connectivity index (χ4v) is 3.63. The second-order valence-corrected chi connectivity index (χ2v) is 7.31. The van der Waals surface area contributed by atoms with Crippen LogP contribution in [-0.2, 0) is 9.59 Å². The van der Waals surface area contributed by atoms with E-state index in [2.05, 4.69) is 25.8 Å². The maximum atomic E-state index is 12.6. The van der Waals surface area contributed by atoms with Crippen LogP contribution < -0.4 is 5.32 Å². The first-order chi connectivity index (χ1) is 12.3. The monoisotopic (exact) mass is 431 g/mol. The molecule has 0 aliphatic carbocycles. The Hall–Kier alpha value is -2.25. The van der Waals surface area contributed by atoms with E-state index < -0.39 is 5.91 Å². The number of carbonyl (C=O) groups is 2. The average molecular weight is 432 g/mol. The number of hydrogen-bond acceptors (Lipinski definition) is 3. The third kappa shape index (κ3) is 3.24. The molecule has 0 saturated carbocycles. The number of amides is 2. The van der Waals surface area contributed by atoms with Crippen LogP contribution in [0.15, 0.2) is 40.4 Å². The van der Waals surface area contributed by atoms with Gasteiger partial charge in [0.15, 0.2) is 5.11 Å². The van der Waals surface area contributed by atoms with Gasteiger partial charge < -0.3 is 4.57 Å². The minimum atomic E-state index is -0.460. The Morgan fingerprint density at radius 3 is 2.46 bits per heavy atom. The zero-order valence-electron chi connectivity index (χ0n) is 14.7. The second-order valence-electron chi connectivity index (χ2n) is 6.00. The Balaban J connectivity index is 2.05. The van der Waals surface area contributed by atoms with Crippen molar-refractivity contribution in [3.8, 4) is 5.69 Å². The van der Waals surface area contributed by atoms with Crippen molar-refractivity contribution in [2.75, 3.05) is 6.54 Å². The highest BCUT2D eigenvalue weighted by atomic mass is 79.9. The largest absolute Gasteiger partial charge is 0.318 e. The molecule has 1 aliphatic rings. The molecular weight excluding hydrogens is 414 g/mol. The molecule has 1 fully saturated rings. The summed E-state index contributed by atoms with van der Waals surface area (Å²) in [6.45, 7) is 6.19. The van der Waals surface area contributed by atoms with Gasteiger partial charge in [0.05, 0.1) is 0 Å². The van der Waals surface area contributed by atoms with Crippen molar-refractivity contribution in [2.45, 2.75) is 20.8 Å². The van der Waals surface area contributed by atoms with Gasteiger partial charge in [-0.05, 0) is 75.0 Å². The molecular formula is C19H18BrN3O2S. The minimum absolute atomic E-state index is 0.0940. The zero-order chi connectivity index (χ0) is 19.0. The third-order valence-electron chi connectivity index (χ3n) is 4.36. The van der Waals surface area contributed by atoms with Crippen LogP contribution in [0.4, 0.5) is 0 Å². The minimum Gasteiger partial charge on any atom is -0.318 e. The Bertz CT molecular complexity index is 944. The molecule has 134 valence electrons. The molecule has 1 aromatic carbocycles. The highest BCUT2D eigenvalue weighted by Crippen LogP contribution is 2.25. The van der Waals surface area contributed by atoms with Gasteiger partial charge in [0.25, 0.3) is 11.8 Å². The highest BCUT2D eigenvalue weighted by Gasteiger charge is 2.32. The molecule has 0 spiro atoms. The van der Waals surface area contributed by atoms with E-state index in [1.807, 2.05) is 51.1 Å². The molecule has 5 nitrogen and oxygen atoms in total. The quantitative estimate of drug-likeness (QED) is 0.459. The van der Waals surface area contributed by atoms with Gasteiger partial charge in [0.2, 0.25) is 0 Å². The van der Waals surface area contributed by atoms with E-state index in [1.165, 1.54) is 4.90 Å². The van der Waals surface area contributed by atoms with E-state index in [0.717, 1.165) is 27.1 Å². The fourth-order valence-electron chi connectivity index (χ4n) is 3.06. The highest BCUT2D eigenvalue weighted by molar-refractivity contribution is 9.10. The number of halogens is 1. The van der Waals surface area contributed by atoms with Crippen molar-refractivity contribution >= 4 is 51.2 Å². The van der Waals surface area contributed by atoms with Gasteiger partial charge in [0.1, 0.15) is 5.57 Å². The summed E-state index contributed by atoms with van der Waals surface area (Å²) in [5.74, 6) is -0.826. The molecule has 2 aromatic rings. The molecule has 7 heteroatoms. The second kappa shape index (κ2) is 7.17. The van der Waals surface area contributed by atoms with Crippen LogP contribution in [0.2, 0.25) is 0 Å². The normalized spacial score (nSPS) is 16.4. The molecule has 1 aromatic heterocycles. The number of rotatable bonds is 3. The smallest absolute Gasteiger partial charge is 0.265 e. The standard InChI is InChI=1S/C19H18BrN3O2S/c1-4-22-18(25)16(17(24)21-19(22)26)10-13-9-11(2)23(12(13)3)15-7-5-14(20)6-8-15/h5-10H,4H2,1-3H3,(H,21,24,26)/b16-10+. The first-order valence-electron chi connectivity index (χ1n) is 8.17. The Kier molecular flexibility index (Phi) is 5.11. The van der Waals surface area contributed by atoms with Gasteiger partial charge in [-0.15, -0.1) is 0 Å². The summed E-state index contributed by atoms with van der Waals surface area (Å²) < 4.78 is 3.10. The number of benzene rings is 1. The lowest BCUT2D eigenvalue weighted by atomic mass is 10.1. The van der Waals surface area contributed by atoms with Gasteiger partial charge in [-0.3, -0.25) is 19.8 Å². The van der Waals surface area contributed by atoms with E-state index in [1.54, 1.807) is 6.08 Å². The predicted octanol–water partition coefficient (Wildman–Crippen LogP) is 3.50. The molecule has 0 atom stereocenters. The summed E-state index contributed by atoms with van der Waals surface area (Å²) in [6, 6.07) is 9.94. The van der Waals surface area contributed by atoms with E-state index >= 15 is 0 Å². The Morgan fingerprint density at radius 1 is 1.19 bits per heavy atom. The van der Waals surface area contributed by atoms with Crippen molar-refractivity contribution in [3.63, 3.8) is 0 Å². The van der Waals surface area contributed by atoms with Crippen LogP contribution >= 0.6 is 28.1 Å². The number of nitrogens with zero attached hydrogens (tertiary/aromatic N) is 2. The number of aromatic nitrogens is 1. The fraction of sp³-hybridized carbons (Fsp3) is 0.211. The molecule has 3 rings (SSSR count). The number of hydrogen-bond donors (Lipinski definition) is 1. The summed E-state index contributed by atoms with van der Waals surface area (Å²) >= 11 is 8.50. The van der Waals surface area contributed by atoms with Gasteiger partial charge in [-0.2, -0.15) is 0 Å². The summed E-state index contributed by atoms with van der Waals surface area (Å²) in [5, 5.41) is 2.73. The summed E-state index contributed by atoms with van der Waals surface area (Å²) in [6.07, 6.45) is 1.64. The van der Waals surface area contributed by atoms with Crippen molar-refractivity contribution in [1.29, 1.82) is 0 Å². The molecule has 1 aliphatic heterocycles. The third-order valence-corrected chi connectivity index (χ3v) is 5.21. The lowest BCUT2D eigenvalue weighted by molar-refractivity contribution is -0.128. The number of carbonyl (C=O) groups excluding carboxylic acids is 2. The number of likely N-dealkylation sites (N-methyl/N-ethyl adjacent to an activating group) is 1. The van der Waals surface area contributed by atoms with Gasteiger partial charge in [0, 0.05) is 28.1 Å². The summed E-state index contributed by atoms with van der Waals surface area (Å²) in [4.78, 5) is 26.2. The molecule has 0 bridgehead atoms. The first kappa shape index (κ1) is 18.5.